The first-order chi connectivity index (χ1) is 4.72. The van der Waals surface area contributed by atoms with Crippen molar-refractivity contribution < 1.29 is 19.7 Å². The van der Waals surface area contributed by atoms with Crippen LogP contribution in [0.3, 0.4) is 0 Å². The Kier molecular flexibility index (Phi) is 4.32. The number of aliphatic hydroxyl groups excluding tert-OH is 1. The number of carbonyl (C=O) groups is 1. The van der Waals surface area contributed by atoms with Gasteiger partial charge in [-0.2, -0.15) is 0 Å². The highest BCUT2D eigenvalue weighted by atomic mass is 16.5. The number of carboxylic acids is 1. The highest BCUT2D eigenvalue weighted by Crippen LogP contribution is 1.95. The molecule has 0 atom stereocenters. The molecule has 0 amide bonds. The second-order valence-electron chi connectivity index (χ2n) is 1.53. The van der Waals surface area contributed by atoms with Crippen LogP contribution >= 0.6 is 0 Å². The van der Waals surface area contributed by atoms with Crippen molar-refractivity contribution in [1.82, 2.24) is 0 Å². The number of aliphatic carboxylic acids is 1. The first-order valence-electron chi connectivity index (χ1n) is 2.85. The van der Waals surface area contributed by atoms with Crippen LogP contribution in [0, 0.1) is 0 Å². The van der Waals surface area contributed by atoms with Gasteiger partial charge in [0, 0.05) is 0 Å². The van der Waals surface area contributed by atoms with E-state index in [1.54, 1.807) is 6.92 Å². The average Bonchev–Trinajstić information content (AvgIpc) is 1.89. The quantitative estimate of drug-likeness (QED) is 0.432. The molecule has 0 spiro atoms. The van der Waals surface area contributed by atoms with Gasteiger partial charge in [0.15, 0.2) is 5.76 Å². The predicted octanol–water partition coefficient (Wildman–Crippen LogP) is -0.0163. The molecule has 4 nitrogen and oxygen atoms in total. The molecule has 58 valence electrons. The summed E-state index contributed by atoms with van der Waals surface area (Å²) in [5.41, 5.74) is 0. The first-order valence-corrected chi connectivity index (χ1v) is 2.85. The number of allylic oxidation sites excluding steroid dienone is 1. The Morgan fingerprint density at radius 1 is 1.70 bits per heavy atom. The average molecular weight is 146 g/mol. The molecule has 4 heteroatoms. The third kappa shape index (κ3) is 3.09. The summed E-state index contributed by atoms with van der Waals surface area (Å²) in [5.74, 6) is -1.25. The molecule has 0 aromatic rings. The van der Waals surface area contributed by atoms with Crippen LogP contribution in [0.4, 0.5) is 0 Å². The Hall–Kier alpha value is -1.03. The van der Waals surface area contributed by atoms with Crippen LogP contribution in [-0.2, 0) is 9.53 Å². The van der Waals surface area contributed by atoms with E-state index in [-0.39, 0.29) is 19.0 Å². The molecule has 0 fully saturated rings. The summed E-state index contributed by atoms with van der Waals surface area (Å²) in [6.07, 6.45) is 1.33. The molecule has 0 saturated heterocycles. The summed E-state index contributed by atoms with van der Waals surface area (Å²) >= 11 is 0. The Morgan fingerprint density at radius 2 is 2.30 bits per heavy atom. The number of ether oxygens (including phenoxy) is 1. The Labute approximate surface area is 58.7 Å². The smallest absolute Gasteiger partial charge is 0.370 e. The van der Waals surface area contributed by atoms with Crippen LogP contribution in [-0.4, -0.2) is 29.4 Å². The van der Waals surface area contributed by atoms with Gasteiger partial charge in [-0.15, -0.1) is 0 Å². The van der Waals surface area contributed by atoms with Crippen molar-refractivity contribution in [2.75, 3.05) is 13.2 Å². The zero-order valence-corrected chi connectivity index (χ0v) is 5.70. The van der Waals surface area contributed by atoms with Crippen molar-refractivity contribution in [3.05, 3.63) is 11.8 Å². The van der Waals surface area contributed by atoms with Gasteiger partial charge in [-0.25, -0.2) is 4.79 Å². The Bertz CT molecular complexity index is 139. The molecule has 0 aliphatic heterocycles. The summed E-state index contributed by atoms with van der Waals surface area (Å²) in [6.45, 7) is 1.40. The molecule has 10 heavy (non-hydrogen) atoms. The second kappa shape index (κ2) is 4.81. The van der Waals surface area contributed by atoms with Crippen molar-refractivity contribution in [2.45, 2.75) is 6.92 Å². The third-order valence-corrected chi connectivity index (χ3v) is 0.822. The van der Waals surface area contributed by atoms with Gasteiger partial charge in [0.05, 0.1) is 6.61 Å². The van der Waals surface area contributed by atoms with Crippen molar-refractivity contribution >= 4 is 5.97 Å². The van der Waals surface area contributed by atoms with Gasteiger partial charge in [-0.05, 0) is 13.0 Å². The van der Waals surface area contributed by atoms with E-state index >= 15 is 0 Å². The molecule has 0 aliphatic carbocycles. The molecule has 0 unspecified atom stereocenters. The van der Waals surface area contributed by atoms with Gasteiger partial charge in [0.25, 0.3) is 0 Å². The number of hydrogen-bond donors (Lipinski definition) is 2. The maximum Gasteiger partial charge on any atom is 0.370 e. The van der Waals surface area contributed by atoms with E-state index < -0.39 is 5.97 Å². The van der Waals surface area contributed by atoms with Crippen LogP contribution in [0.15, 0.2) is 11.8 Å². The predicted molar refractivity (Wildman–Crippen MR) is 34.4 cm³/mol. The van der Waals surface area contributed by atoms with Crippen LogP contribution in [0.1, 0.15) is 6.92 Å². The van der Waals surface area contributed by atoms with Gasteiger partial charge in [-0.1, -0.05) is 0 Å². The molecular weight excluding hydrogens is 136 g/mol. The minimum Gasteiger partial charge on any atom is -0.484 e. The fourth-order valence-corrected chi connectivity index (χ4v) is 0.424. The van der Waals surface area contributed by atoms with E-state index in [0.717, 1.165) is 0 Å². The molecule has 0 heterocycles. The number of carboxylic acid groups (broad SMARTS) is 1. The lowest BCUT2D eigenvalue weighted by molar-refractivity contribution is -0.136. The highest BCUT2D eigenvalue weighted by Gasteiger charge is 2.04. The van der Waals surface area contributed by atoms with E-state index in [9.17, 15) is 4.79 Å². The van der Waals surface area contributed by atoms with Crippen molar-refractivity contribution in [3.63, 3.8) is 0 Å². The molecule has 0 aromatic carbocycles. The monoisotopic (exact) mass is 146 g/mol. The Balaban J connectivity index is 3.74. The van der Waals surface area contributed by atoms with E-state index in [4.69, 9.17) is 10.2 Å². The number of rotatable bonds is 4. The van der Waals surface area contributed by atoms with E-state index in [1.165, 1.54) is 6.08 Å². The maximum absolute atomic E-state index is 10.2. The zero-order valence-electron chi connectivity index (χ0n) is 5.70. The summed E-state index contributed by atoms with van der Waals surface area (Å²) in [6, 6.07) is 0. The standard InChI is InChI=1S/C6H10O4/c1-2-5(6(8)9)10-4-3-7/h2,7H,3-4H2,1H3,(H,8,9). The third-order valence-electron chi connectivity index (χ3n) is 0.822. The van der Waals surface area contributed by atoms with Gasteiger partial charge in [0.2, 0.25) is 0 Å². The van der Waals surface area contributed by atoms with Crippen molar-refractivity contribution in [1.29, 1.82) is 0 Å². The van der Waals surface area contributed by atoms with E-state index in [0.29, 0.717) is 0 Å². The zero-order chi connectivity index (χ0) is 7.98. The fourth-order valence-electron chi connectivity index (χ4n) is 0.424. The molecule has 2 N–H and O–H groups in total. The van der Waals surface area contributed by atoms with Gasteiger partial charge in [-0.3, -0.25) is 0 Å². The largest absolute Gasteiger partial charge is 0.484 e. The van der Waals surface area contributed by atoms with Crippen molar-refractivity contribution in [2.24, 2.45) is 0 Å². The number of aliphatic hydroxyl groups is 1. The molecule has 0 bridgehead atoms. The summed E-state index contributed by atoms with van der Waals surface area (Å²) in [4.78, 5) is 10.2. The molecule has 0 aromatic heterocycles. The molecule has 0 aliphatic rings. The first kappa shape index (κ1) is 8.97. The minimum absolute atomic E-state index is 0.0198. The normalized spacial score (nSPS) is 11.2. The SMILES string of the molecule is CC=C(OCCO)C(=O)O. The maximum atomic E-state index is 10.2. The lowest BCUT2D eigenvalue weighted by Gasteiger charge is -2.01. The summed E-state index contributed by atoms with van der Waals surface area (Å²) in [7, 11) is 0. The van der Waals surface area contributed by atoms with E-state index in [1.807, 2.05) is 0 Å². The topological polar surface area (TPSA) is 66.8 Å². The molecule has 0 radical (unpaired) electrons. The van der Waals surface area contributed by atoms with Crippen LogP contribution in [0.25, 0.3) is 0 Å². The van der Waals surface area contributed by atoms with Crippen LogP contribution in [0.5, 0.6) is 0 Å². The molecule has 0 saturated carbocycles. The Morgan fingerprint density at radius 3 is 2.60 bits per heavy atom. The van der Waals surface area contributed by atoms with Gasteiger partial charge in [0.1, 0.15) is 6.61 Å². The lowest BCUT2D eigenvalue weighted by atomic mass is 10.5. The summed E-state index contributed by atoms with van der Waals surface area (Å²) < 4.78 is 4.61. The van der Waals surface area contributed by atoms with Gasteiger partial charge >= 0.3 is 5.97 Å². The van der Waals surface area contributed by atoms with Crippen LogP contribution < -0.4 is 0 Å². The van der Waals surface area contributed by atoms with Crippen molar-refractivity contribution in [3.8, 4) is 0 Å². The molecule has 0 rings (SSSR count). The lowest BCUT2D eigenvalue weighted by Crippen LogP contribution is -2.07. The number of hydrogen-bond acceptors (Lipinski definition) is 3. The molecular formula is C6H10O4. The van der Waals surface area contributed by atoms with E-state index in [2.05, 4.69) is 4.74 Å². The fraction of sp³-hybridized carbons (Fsp3) is 0.500. The minimum atomic E-state index is -1.11. The second-order valence-corrected chi connectivity index (χ2v) is 1.53. The van der Waals surface area contributed by atoms with Gasteiger partial charge < -0.3 is 14.9 Å². The summed E-state index contributed by atoms with van der Waals surface area (Å²) in [5, 5.41) is 16.6. The highest BCUT2D eigenvalue weighted by molar-refractivity contribution is 5.84. The van der Waals surface area contributed by atoms with Crippen LogP contribution in [0.2, 0.25) is 0 Å².